The van der Waals surface area contributed by atoms with Crippen LogP contribution in [-0.2, 0) is 9.53 Å². The molecule has 2 aliphatic rings. The zero-order valence-electron chi connectivity index (χ0n) is 13.9. The molecule has 2 aliphatic heterocycles. The number of ether oxygens (including phenoxy) is 2. The quantitative estimate of drug-likeness (QED) is 0.855. The molecule has 2 saturated heterocycles. The molecule has 5 heteroatoms. The van der Waals surface area contributed by atoms with E-state index in [4.69, 9.17) is 9.47 Å². The van der Waals surface area contributed by atoms with E-state index in [9.17, 15) is 4.79 Å². The molecular formula is C18H26N2O3. The number of piperidine rings is 1. The number of carbonyl (C=O) groups excluding carboxylic acids is 1. The Labute approximate surface area is 138 Å². The Morgan fingerprint density at radius 2 is 2.04 bits per heavy atom. The highest BCUT2D eigenvalue weighted by Crippen LogP contribution is 2.24. The highest BCUT2D eigenvalue weighted by Gasteiger charge is 2.29. The van der Waals surface area contributed by atoms with E-state index in [0.717, 1.165) is 69.9 Å². The third-order valence-electron chi connectivity index (χ3n) is 4.94. The van der Waals surface area contributed by atoms with Crippen LogP contribution in [0.25, 0.3) is 0 Å². The first-order chi connectivity index (χ1) is 11.2. The van der Waals surface area contributed by atoms with E-state index < -0.39 is 0 Å². The van der Waals surface area contributed by atoms with Crippen molar-refractivity contribution >= 4 is 5.91 Å². The zero-order chi connectivity index (χ0) is 16.1. The minimum Gasteiger partial charge on any atom is -0.493 e. The number of hydrogen-bond acceptors (Lipinski definition) is 4. The van der Waals surface area contributed by atoms with Gasteiger partial charge in [-0.1, -0.05) is 0 Å². The van der Waals surface area contributed by atoms with E-state index in [1.54, 1.807) is 6.20 Å². The number of rotatable bonds is 4. The maximum atomic E-state index is 12.5. The molecule has 0 N–H and O–H groups in total. The molecule has 0 unspecified atom stereocenters. The number of aryl methyl sites for hydroxylation is 1. The van der Waals surface area contributed by atoms with Crippen LogP contribution in [0.4, 0.5) is 0 Å². The summed E-state index contributed by atoms with van der Waals surface area (Å²) in [6.45, 7) is 5.92. The molecule has 1 amide bonds. The highest BCUT2D eigenvalue weighted by atomic mass is 16.5. The summed E-state index contributed by atoms with van der Waals surface area (Å²) in [6.07, 6.45) is 7.40. The normalized spacial score (nSPS) is 20.5. The Morgan fingerprint density at radius 3 is 2.74 bits per heavy atom. The van der Waals surface area contributed by atoms with Gasteiger partial charge in [0.05, 0.1) is 6.61 Å². The first kappa shape index (κ1) is 16.2. The Morgan fingerprint density at radius 1 is 1.30 bits per heavy atom. The first-order valence-electron chi connectivity index (χ1n) is 8.64. The number of carbonyl (C=O) groups is 1. The van der Waals surface area contributed by atoms with Crippen molar-refractivity contribution in [1.82, 2.24) is 9.88 Å². The van der Waals surface area contributed by atoms with Crippen LogP contribution in [-0.4, -0.2) is 48.7 Å². The number of nitrogens with zero attached hydrogens (tertiary/aromatic N) is 2. The largest absolute Gasteiger partial charge is 0.493 e. The average molecular weight is 318 g/mol. The average Bonchev–Trinajstić information content (AvgIpc) is 2.62. The standard InChI is InChI=1S/C18H26N2O3/c1-14-12-19-7-2-17(14)23-13-15-3-8-20(9-4-15)18(21)16-5-10-22-11-6-16/h2,7,12,15-16H,3-6,8-11,13H2,1H3. The highest BCUT2D eigenvalue weighted by molar-refractivity contribution is 5.79. The van der Waals surface area contributed by atoms with Gasteiger partial charge in [0.15, 0.2) is 0 Å². The predicted molar refractivity (Wildman–Crippen MR) is 87.3 cm³/mol. The van der Waals surface area contributed by atoms with Gasteiger partial charge in [0.25, 0.3) is 0 Å². The predicted octanol–water partition coefficient (Wildman–Crippen LogP) is 2.43. The summed E-state index contributed by atoms with van der Waals surface area (Å²) < 4.78 is 11.3. The van der Waals surface area contributed by atoms with Crippen molar-refractivity contribution in [3.8, 4) is 5.75 Å². The van der Waals surface area contributed by atoms with Crippen molar-refractivity contribution in [3.63, 3.8) is 0 Å². The first-order valence-corrected chi connectivity index (χ1v) is 8.64. The van der Waals surface area contributed by atoms with Gasteiger partial charge < -0.3 is 14.4 Å². The molecule has 3 rings (SSSR count). The van der Waals surface area contributed by atoms with Gasteiger partial charge in [-0.05, 0) is 44.6 Å². The lowest BCUT2D eigenvalue weighted by Gasteiger charge is -2.35. The molecule has 0 bridgehead atoms. The number of aromatic nitrogens is 1. The van der Waals surface area contributed by atoms with Gasteiger partial charge in [0.1, 0.15) is 5.75 Å². The van der Waals surface area contributed by atoms with E-state index in [0.29, 0.717) is 11.8 Å². The molecule has 1 aromatic heterocycles. The third-order valence-corrected chi connectivity index (χ3v) is 4.94. The summed E-state index contributed by atoms with van der Waals surface area (Å²) in [5, 5.41) is 0. The van der Waals surface area contributed by atoms with E-state index in [1.165, 1.54) is 0 Å². The second kappa shape index (κ2) is 7.77. The molecule has 0 spiro atoms. The van der Waals surface area contributed by atoms with E-state index >= 15 is 0 Å². The van der Waals surface area contributed by atoms with Crippen molar-refractivity contribution in [2.45, 2.75) is 32.6 Å². The van der Waals surface area contributed by atoms with Gasteiger partial charge in [-0.25, -0.2) is 0 Å². The van der Waals surface area contributed by atoms with Gasteiger partial charge >= 0.3 is 0 Å². The molecule has 23 heavy (non-hydrogen) atoms. The van der Waals surface area contributed by atoms with Crippen LogP contribution in [0.3, 0.4) is 0 Å². The molecule has 0 aliphatic carbocycles. The monoisotopic (exact) mass is 318 g/mol. The summed E-state index contributed by atoms with van der Waals surface area (Å²) in [4.78, 5) is 18.6. The second-order valence-corrected chi connectivity index (χ2v) is 6.61. The maximum absolute atomic E-state index is 12.5. The van der Waals surface area contributed by atoms with Crippen molar-refractivity contribution in [1.29, 1.82) is 0 Å². The maximum Gasteiger partial charge on any atom is 0.225 e. The van der Waals surface area contributed by atoms with Crippen molar-refractivity contribution in [2.75, 3.05) is 32.9 Å². The van der Waals surface area contributed by atoms with E-state index in [-0.39, 0.29) is 5.92 Å². The summed E-state index contributed by atoms with van der Waals surface area (Å²) in [7, 11) is 0. The van der Waals surface area contributed by atoms with Crippen molar-refractivity contribution in [3.05, 3.63) is 24.0 Å². The van der Waals surface area contributed by atoms with Crippen LogP contribution in [0.1, 0.15) is 31.2 Å². The Kier molecular flexibility index (Phi) is 5.49. The minimum atomic E-state index is 0.177. The summed E-state index contributed by atoms with van der Waals surface area (Å²) in [6, 6.07) is 1.92. The molecule has 3 heterocycles. The van der Waals surface area contributed by atoms with Gasteiger partial charge in [0.2, 0.25) is 5.91 Å². The Hall–Kier alpha value is -1.62. The molecule has 0 radical (unpaired) electrons. The molecule has 0 saturated carbocycles. The minimum absolute atomic E-state index is 0.177. The van der Waals surface area contributed by atoms with Crippen LogP contribution >= 0.6 is 0 Å². The molecular weight excluding hydrogens is 292 g/mol. The summed E-state index contributed by atoms with van der Waals surface area (Å²) >= 11 is 0. The fraction of sp³-hybridized carbons (Fsp3) is 0.667. The number of hydrogen-bond donors (Lipinski definition) is 0. The molecule has 1 aromatic rings. The second-order valence-electron chi connectivity index (χ2n) is 6.61. The van der Waals surface area contributed by atoms with E-state index in [1.807, 2.05) is 24.1 Å². The number of pyridine rings is 1. The summed E-state index contributed by atoms with van der Waals surface area (Å²) in [5.74, 6) is 1.95. The lowest BCUT2D eigenvalue weighted by atomic mass is 9.94. The van der Waals surface area contributed by atoms with Gasteiger partial charge in [0, 0.05) is 50.2 Å². The lowest BCUT2D eigenvalue weighted by Crippen LogP contribution is -2.43. The lowest BCUT2D eigenvalue weighted by molar-refractivity contribution is -0.140. The SMILES string of the molecule is Cc1cnccc1OCC1CCN(C(=O)C2CCOCC2)CC1. The van der Waals surface area contributed by atoms with Crippen LogP contribution in [0.15, 0.2) is 18.5 Å². The topological polar surface area (TPSA) is 51.7 Å². The van der Waals surface area contributed by atoms with Gasteiger partial charge in [-0.2, -0.15) is 0 Å². The van der Waals surface area contributed by atoms with Crippen LogP contribution in [0, 0.1) is 18.8 Å². The van der Waals surface area contributed by atoms with E-state index in [2.05, 4.69) is 4.98 Å². The molecule has 2 fully saturated rings. The molecule has 0 aromatic carbocycles. The van der Waals surface area contributed by atoms with Gasteiger partial charge in [-0.15, -0.1) is 0 Å². The zero-order valence-corrected chi connectivity index (χ0v) is 13.9. The van der Waals surface area contributed by atoms with Crippen LogP contribution < -0.4 is 4.74 Å². The van der Waals surface area contributed by atoms with Crippen LogP contribution in [0.5, 0.6) is 5.75 Å². The molecule has 0 atom stereocenters. The fourth-order valence-corrected chi connectivity index (χ4v) is 3.35. The smallest absolute Gasteiger partial charge is 0.225 e. The Balaban J connectivity index is 1.43. The van der Waals surface area contributed by atoms with Crippen molar-refractivity contribution in [2.24, 2.45) is 11.8 Å². The van der Waals surface area contributed by atoms with Crippen LogP contribution in [0.2, 0.25) is 0 Å². The fourth-order valence-electron chi connectivity index (χ4n) is 3.35. The third kappa shape index (κ3) is 4.22. The molecule has 5 nitrogen and oxygen atoms in total. The Bertz CT molecular complexity index is 521. The number of likely N-dealkylation sites (tertiary alicyclic amines) is 1. The summed E-state index contributed by atoms with van der Waals surface area (Å²) in [5.41, 5.74) is 1.07. The number of amides is 1. The molecule has 126 valence electrons. The van der Waals surface area contributed by atoms with Crippen molar-refractivity contribution < 1.29 is 14.3 Å². The van der Waals surface area contributed by atoms with Gasteiger partial charge in [-0.3, -0.25) is 9.78 Å².